The van der Waals surface area contributed by atoms with Gasteiger partial charge in [0, 0.05) is 25.2 Å². The number of nitrogens with one attached hydrogen (secondary N) is 1. The highest BCUT2D eigenvalue weighted by atomic mass is 16.2. The molecular weight excluding hydrogens is 390 g/mol. The van der Waals surface area contributed by atoms with E-state index >= 15 is 0 Å². The predicted octanol–water partition coefficient (Wildman–Crippen LogP) is 2.73. The van der Waals surface area contributed by atoms with Gasteiger partial charge in [0.2, 0.25) is 17.7 Å². The third-order valence-electron chi connectivity index (χ3n) is 7.12. The fourth-order valence-electron chi connectivity index (χ4n) is 5.58. The van der Waals surface area contributed by atoms with Crippen LogP contribution in [0, 0.1) is 0 Å². The molecule has 0 bridgehead atoms. The first-order chi connectivity index (χ1) is 15.1. The molecule has 6 heteroatoms. The van der Waals surface area contributed by atoms with E-state index in [1.807, 2.05) is 47.4 Å². The Balaban J connectivity index is 1.46. The quantitative estimate of drug-likeness (QED) is 0.813. The van der Waals surface area contributed by atoms with Crippen LogP contribution in [-0.4, -0.2) is 53.2 Å². The number of hydrogen-bond acceptors (Lipinski definition) is 3. The minimum Gasteiger partial charge on any atom is -0.337 e. The summed E-state index contributed by atoms with van der Waals surface area (Å²) in [6.45, 7) is 1.28. The molecule has 3 aliphatic heterocycles. The highest BCUT2D eigenvalue weighted by molar-refractivity contribution is 6.07. The van der Waals surface area contributed by atoms with Gasteiger partial charge in [-0.15, -0.1) is 0 Å². The summed E-state index contributed by atoms with van der Waals surface area (Å²) >= 11 is 0. The molecule has 31 heavy (non-hydrogen) atoms. The summed E-state index contributed by atoms with van der Waals surface area (Å²) in [5.74, 6) is -0.0197. The largest absolute Gasteiger partial charge is 0.337 e. The first-order valence-electron chi connectivity index (χ1n) is 11.1. The lowest BCUT2D eigenvalue weighted by atomic mass is 9.73. The number of fused-ring (bicyclic) bond motifs is 2. The van der Waals surface area contributed by atoms with Crippen LogP contribution in [0.1, 0.15) is 36.8 Å². The number of nitrogens with zero attached hydrogens (tertiary/aromatic N) is 2. The minimum absolute atomic E-state index is 0.0145. The predicted molar refractivity (Wildman–Crippen MR) is 117 cm³/mol. The molecule has 2 fully saturated rings. The van der Waals surface area contributed by atoms with Crippen LogP contribution in [0.25, 0.3) is 0 Å². The molecule has 3 aliphatic rings. The van der Waals surface area contributed by atoms with Gasteiger partial charge in [-0.3, -0.25) is 14.4 Å². The monoisotopic (exact) mass is 417 g/mol. The summed E-state index contributed by atoms with van der Waals surface area (Å²) in [5.41, 5.74) is 2.31. The van der Waals surface area contributed by atoms with Crippen LogP contribution in [0.3, 0.4) is 0 Å². The van der Waals surface area contributed by atoms with Gasteiger partial charge in [-0.05, 0) is 42.9 Å². The summed E-state index contributed by atoms with van der Waals surface area (Å²) in [4.78, 5) is 42.3. The molecule has 0 radical (unpaired) electrons. The molecule has 2 saturated heterocycles. The van der Waals surface area contributed by atoms with Gasteiger partial charge in [0.25, 0.3) is 0 Å². The van der Waals surface area contributed by atoms with Gasteiger partial charge >= 0.3 is 0 Å². The Morgan fingerprint density at radius 3 is 2.58 bits per heavy atom. The highest BCUT2D eigenvalue weighted by Crippen LogP contribution is 2.49. The maximum absolute atomic E-state index is 13.3. The lowest BCUT2D eigenvalue weighted by Gasteiger charge is -2.35. The Morgan fingerprint density at radius 1 is 1.03 bits per heavy atom. The van der Waals surface area contributed by atoms with Crippen LogP contribution in [0.5, 0.6) is 0 Å². The van der Waals surface area contributed by atoms with Crippen LogP contribution in [0.2, 0.25) is 0 Å². The fraction of sp³-hybridized carbons (Fsp3) is 0.400. The molecule has 1 N–H and O–H groups in total. The molecule has 0 saturated carbocycles. The molecule has 3 heterocycles. The van der Waals surface area contributed by atoms with E-state index in [0.717, 1.165) is 24.1 Å². The molecule has 160 valence electrons. The molecule has 2 aromatic rings. The van der Waals surface area contributed by atoms with Gasteiger partial charge in [0.15, 0.2) is 0 Å². The minimum atomic E-state index is -0.726. The highest BCUT2D eigenvalue weighted by Gasteiger charge is 2.58. The van der Waals surface area contributed by atoms with Crippen molar-refractivity contribution >= 4 is 23.4 Å². The Labute approximate surface area is 182 Å². The van der Waals surface area contributed by atoms with Crippen molar-refractivity contribution in [1.82, 2.24) is 9.80 Å². The first kappa shape index (κ1) is 19.8. The van der Waals surface area contributed by atoms with E-state index in [-0.39, 0.29) is 30.3 Å². The van der Waals surface area contributed by atoms with Crippen molar-refractivity contribution in [3.05, 3.63) is 65.7 Å². The van der Waals surface area contributed by atoms with Crippen molar-refractivity contribution in [3.63, 3.8) is 0 Å². The number of carbonyl (C=O) groups is 3. The van der Waals surface area contributed by atoms with Crippen LogP contribution in [-0.2, 0) is 26.2 Å². The summed E-state index contributed by atoms with van der Waals surface area (Å²) in [7, 11) is 0. The average Bonchev–Trinajstić information content (AvgIpc) is 3.45. The van der Waals surface area contributed by atoms with Crippen molar-refractivity contribution in [2.45, 2.75) is 43.6 Å². The van der Waals surface area contributed by atoms with E-state index in [1.54, 1.807) is 4.90 Å². The van der Waals surface area contributed by atoms with Gasteiger partial charge in [-0.25, -0.2) is 0 Å². The summed E-state index contributed by atoms with van der Waals surface area (Å²) < 4.78 is 0. The number of aryl methyl sites for hydroxylation is 1. The SMILES string of the molecule is O=C1CCCN1CC(=O)N1CC[C@]2(C(=O)Nc3ccccc32)[C@@H]1CCc1ccccc1. The smallest absolute Gasteiger partial charge is 0.242 e. The molecule has 2 atom stereocenters. The van der Waals surface area contributed by atoms with Gasteiger partial charge < -0.3 is 15.1 Å². The molecule has 6 nitrogen and oxygen atoms in total. The lowest BCUT2D eigenvalue weighted by molar-refractivity contribution is -0.139. The number of likely N-dealkylation sites (tertiary alicyclic amines) is 2. The maximum Gasteiger partial charge on any atom is 0.242 e. The molecule has 0 aromatic heterocycles. The van der Waals surface area contributed by atoms with E-state index in [2.05, 4.69) is 17.4 Å². The average molecular weight is 418 g/mol. The summed E-state index contributed by atoms with van der Waals surface area (Å²) in [6.07, 6.45) is 3.42. The van der Waals surface area contributed by atoms with Crippen molar-refractivity contribution in [3.8, 4) is 0 Å². The second-order valence-corrected chi connectivity index (χ2v) is 8.77. The molecule has 5 rings (SSSR count). The number of anilines is 1. The standard InChI is InChI=1S/C25H27N3O3/c29-22-11-6-15-27(22)17-23(30)28-16-14-25(19-9-4-5-10-20(19)26-24(25)31)21(28)13-12-18-7-2-1-3-8-18/h1-5,7-10,21H,6,11-17H2,(H,26,31)/t21-,25+/m0/s1. The zero-order valence-electron chi connectivity index (χ0n) is 17.5. The first-order valence-corrected chi connectivity index (χ1v) is 11.1. The van der Waals surface area contributed by atoms with Crippen LogP contribution in [0.4, 0.5) is 5.69 Å². The van der Waals surface area contributed by atoms with Gasteiger partial charge in [-0.1, -0.05) is 48.5 Å². The number of hydrogen-bond donors (Lipinski definition) is 1. The second-order valence-electron chi connectivity index (χ2n) is 8.77. The molecule has 0 unspecified atom stereocenters. The van der Waals surface area contributed by atoms with Crippen molar-refractivity contribution in [2.24, 2.45) is 0 Å². The van der Waals surface area contributed by atoms with Crippen LogP contribution >= 0.6 is 0 Å². The van der Waals surface area contributed by atoms with E-state index in [0.29, 0.717) is 32.4 Å². The third-order valence-corrected chi connectivity index (χ3v) is 7.12. The zero-order chi connectivity index (χ0) is 21.4. The number of rotatable bonds is 5. The Morgan fingerprint density at radius 2 is 1.81 bits per heavy atom. The summed E-state index contributed by atoms with van der Waals surface area (Å²) in [6, 6.07) is 17.8. The van der Waals surface area contributed by atoms with E-state index in [1.165, 1.54) is 5.56 Å². The Hall–Kier alpha value is -3.15. The molecule has 1 spiro atoms. The Kier molecular flexibility index (Phi) is 5.00. The van der Waals surface area contributed by atoms with Gasteiger partial charge in [-0.2, -0.15) is 0 Å². The van der Waals surface area contributed by atoms with E-state index in [4.69, 9.17) is 0 Å². The van der Waals surface area contributed by atoms with Gasteiger partial charge in [0.05, 0.1) is 18.0 Å². The summed E-state index contributed by atoms with van der Waals surface area (Å²) in [5, 5.41) is 3.06. The topological polar surface area (TPSA) is 69.7 Å². The normalized spacial score (nSPS) is 24.7. The van der Waals surface area contributed by atoms with Gasteiger partial charge in [0.1, 0.15) is 0 Å². The van der Waals surface area contributed by atoms with Crippen molar-refractivity contribution < 1.29 is 14.4 Å². The van der Waals surface area contributed by atoms with E-state index < -0.39 is 5.41 Å². The maximum atomic E-state index is 13.3. The molecule has 0 aliphatic carbocycles. The Bertz CT molecular complexity index is 1020. The van der Waals surface area contributed by atoms with Crippen molar-refractivity contribution in [1.29, 1.82) is 0 Å². The zero-order valence-corrected chi connectivity index (χ0v) is 17.5. The van der Waals surface area contributed by atoms with Crippen molar-refractivity contribution in [2.75, 3.05) is 25.0 Å². The molecular formula is C25H27N3O3. The number of amides is 3. The second kappa shape index (κ2) is 7.84. The van der Waals surface area contributed by atoms with Crippen LogP contribution in [0.15, 0.2) is 54.6 Å². The van der Waals surface area contributed by atoms with Crippen LogP contribution < -0.4 is 5.32 Å². The van der Waals surface area contributed by atoms with E-state index in [9.17, 15) is 14.4 Å². The lowest BCUT2D eigenvalue weighted by Crippen LogP contribution is -2.51. The number of carbonyl (C=O) groups excluding carboxylic acids is 3. The number of benzene rings is 2. The third kappa shape index (κ3) is 3.30. The fourth-order valence-corrected chi connectivity index (χ4v) is 5.58. The molecule has 3 amide bonds. The number of para-hydroxylation sites is 1. The molecule has 2 aromatic carbocycles.